The van der Waals surface area contributed by atoms with Crippen molar-refractivity contribution in [3.05, 3.63) is 71.4 Å². The van der Waals surface area contributed by atoms with Crippen LogP contribution in [0.25, 0.3) is 0 Å². The normalized spacial score (nSPS) is 26.6. The molecule has 1 aliphatic heterocycles. The largest absolute Gasteiger partial charge is 0.459 e. The van der Waals surface area contributed by atoms with Crippen molar-refractivity contribution < 1.29 is 34.7 Å². The molecule has 0 aliphatic carbocycles. The number of hydrogen-bond donors (Lipinski definition) is 4. The van der Waals surface area contributed by atoms with Crippen LogP contribution in [0.15, 0.2) is 71.4 Å². The molecule has 0 spiro atoms. The summed E-state index contributed by atoms with van der Waals surface area (Å²) in [5, 5.41) is 39.6. The maximum absolute atomic E-state index is 12.6. The molecule has 7 atom stereocenters. The van der Waals surface area contributed by atoms with Gasteiger partial charge in [0.2, 0.25) is 0 Å². The molecule has 0 amide bonds. The smallest absolute Gasteiger partial charge is 0.331 e. The molecule has 0 fully saturated rings. The summed E-state index contributed by atoms with van der Waals surface area (Å²) in [7, 11) is 0. The Hall–Kier alpha value is -2.29. The third-order valence-corrected chi connectivity index (χ3v) is 7.03. The maximum atomic E-state index is 12.6. The summed E-state index contributed by atoms with van der Waals surface area (Å²) in [5.74, 6) is 0.0891. The summed E-state index contributed by atoms with van der Waals surface area (Å²) in [6.07, 6.45) is 16.2. The van der Waals surface area contributed by atoms with E-state index in [0.29, 0.717) is 25.2 Å². The number of hydrogen-bond acceptors (Lipinski definition) is 7. The highest BCUT2D eigenvalue weighted by molar-refractivity contribution is 5.82. The Labute approximate surface area is 247 Å². The standard InChI is InChI=1S/C34H54O7/c1-23(2)31-15-9-8-14-27(6)32(16-11-17-33(38)40-31)41-34(39)19-18-26(5)20-24(3)12-10-13-25(4)21-29(36)30(37)22-28(7)35/h8-10,12-13,18-21,23,27-33,35-38H,11,14-17,22H2,1-7H3. The topological polar surface area (TPSA) is 116 Å². The summed E-state index contributed by atoms with van der Waals surface area (Å²) in [6.45, 7) is 13.5. The number of carbonyl (C=O) groups excluding carboxylic acids is 1. The summed E-state index contributed by atoms with van der Waals surface area (Å²) in [5.41, 5.74) is 2.65. The molecule has 7 heteroatoms. The van der Waals surface area contributed by atoms with Gasteiger partial charge in [0, 0.05) is 12.5 Å². The van der Waals surface area contributed by atoms with Crippen LogP contribution < -0.4 is 0 Å². The van der Waals surface area contributed by atoms with Gasteiger partial charge in [-0.2, -0.15) is 0 Å². The lowest BCUT2D eigenvalue weighted by molar-refractivity contribution is -0.153. The van der Waals surface area contributed by atoms with E-state index in [4.69, 9.17) is 9.47 Å². The monoisotopic (exact) mass is 574 g/mol. The van der Waals surface area contributed by atoms with E-state index in [1.54, 1.807) is 19.1 Å². The Bertz CT molecular complexity index is 954. The van der Waals surface area contributed by atoms with Crippen molar-refractivity contribution in [2.45, 2.75) is 124 Å². The number of aliphatic hydroxyl groups excluding tert-OH is 4. The third kappa shape index (κ3) is 16.7. The summed E-state index contributed by atoms with van der Waals surface area (Å²) < 4.78 is 11.7. The molecule has 4 N–H and O–H groups in total. The van der Waals surface area contributed by atoms with Crippen LogP contribution in [-0.2, 0) is 14.3 Å². The molecule has 0 bridgehead atoms. The lowest BCUT2D eigenvalue weighted by atomic mass is 9.94. The minimum Gasteiger partial charge on any atom is -0.459 e. The van der Waals surface area contributed by atoms with Crippen LogP contribution in [0.1, 0.15) is 87.0 Å². The average Bonchev–Trinajstić information content (AvgIpc) is 2.87. The molecule has 1 aliphatic rings. The van der Waals surface area contributed by atoms with E-state index in [1.165, 1.54) is 6.08 Å². The highest BCUT2D eigenvalue weighted by Gasteiger charge is 2.23. The molecule has 0 aromatic rings. The molecule has 7 unspecified atom stereocenters. The molecule has 41 heavy (non-hydrogen) atoms. The van der Waals surface area contributed by atoms with Crippen LogP contribution in [0, 0.1) is 11.8 Å². The van der Waals surface area contributed by atoms with Crippen molar-refractivity contribution in [2.24, 2.45) is 11.8 Å². The van der Waals surface area contributed by atoms with Gasteiger partial charge in [0.25, 0.3) is 0 Å². The first kappa shape index (κ1) is 36.7. The van der Waals surface area contributed by atoms with Crippen molar-refractivity contribution in [3.63, 3.8) is 0 Å². The van der Waals surface area contributed by atoms with Crippen LogP contribution >= 0.6 is 0 Å². The number of allylic oxidation sites excluding steroid dienone is 9. The number of ether oxygens (including phenoxy) is 2. The second-order valence-electron chi connectivity index (χ2n) is 11.7. The Morgan fingerprint density at radius 3 is 2.32 bits per heavy atom. The summed E-state index contributed by atoms with van der Waals surface area (Å²) >= 11 is 0. The van der Waals surface area contributed by atoms with Gasteiger partial charge >= 0.3 is 5.97 Å². The quantitative estimate of drug-likeness (QED) is 0.106. The molecule has 0 saturated heterocycles. The molecule has 0 radical (unpaired) electrons. The van der Waals surface area contributed by atoms with E-state index in [-0.39, 0.29) is 30.5 Å². The second kappa shape index (κ2) is 19.8. The zero-order valence-corrected chi connectivity index (χ0v) is 26.1. The highest BCUT2D eigenvalue weighted by atomic mass is 16.6. The first-order chi connectivity index (χ1) is 19.3. The molecule has 0 saturated carbocycles. The first-order valence-corrected chi connectivity index (χ1v) is 14.9. The number of carbonyl (C=O) groups is 1. The lowest BCUT2D eigenvalue weighted by Crippen LogP contribution is -2.28. The van der Waals surface area contributed by atoms with Gasteiger partial charge in [0.05, 0.1) is 24.4 Å². The van der Waals surface area contributed by atoms with Gasteiger partial charge in [0.15, 0.2) is 6.29 Å². The minimum absolute atomic E-state index is 0.0116. The van der Waals surface area contributed by atoms with Crippen LogP contribution in [0.4, 0.5) is 0 Å². The van der Waals surface area contributed by atoms with Gasteiger partial charge < -0.3 is 29.9 Å². The fourth-order valence-electron chi connectivity index (χ4n) is 4.52. The van der Waals surface area contributed by atoms with Crippen molar-refractivity contribution in [3.8, 4) is 0 Å². The Morgan fingerprint density at radius 2 is 1.66 bits per heavy atom. The number of aliphatic hydroxyl groups is 4. The van der Waals surface area contributed by atoms with Crippen molar-refractivity contribution in [1.29, 1.82) is 0 Å². The zero-order chi connectivity index (χ0) is 30.9. The Balaban J connectivity index is 2.72. The SMILES string of the molecule is CC(=CC=CC(C)=CC(O)C(O)CC(C)O)C=C(C)C=CC(=O)OC1CCCC(O)OC(C(C)C)CC=CCC1C. The Morgan fingerprint density at radius 1 is 0.976 bits per heavy atom. The zero-order valence-electron chi connectivity index (χ0n) is 26.1. The van der Waals surface area contributed by atoms with Crippen molar-refractivity contribution >= 4 is 5.97 Å². The van der Waals surface area contributed by atoms with E-state index in [9.17, 15) is 25.2 Å². The molecule has 0 aromatic carbocycles. The Kier molecular flexibility index (Phi) is 17.7. The van der Waals surface area contributed by atoms with Gasteiger partial charge in [-0.15, -0.1) is 0 Å². The molecule has 1 rings (SSSR count). The van der Waals surface area contributed by atoms with E-state index in [1.807, 2.05) is 45.1 Å². The average molecular weight is 575 g/mol. The van der Waals surface area contributed by atoms with E-state index < -0.39 is 24.6 Å². The lowest BCUT2D eigenvalue weighted by Gasteiger charge is -2.27. The third-order valence-electron chi connectivity index (χ3n) is 7.03. The van der Waals surface area contributed by atoms with Gasteiger partial charge in [-0.25, -0.2) is 4.79 Å². The minimum atomic E-state index is -1.05. The van der Waals surface area contributed by atoms with Crippen LogP contribution in [0.2, 0.25) is 0 Å². The predicted octanol–water partition coefficient (Wildman–Crippen LogP) is 5.86. The predicted molar refractivity (Wildman–Crippen MR) is 165 cm³/mol. The summed E-state index contributed by atoms with van der Waals surface area (Å²) in [4.78, 5) is 12.6. The maximum Gasteiger partial charge on any atom is 0.331 e. The van der Waals surface area contributed by atoms with Crippen LogP contribution in [-0.4, -0.2) is 63.2 Å². The number of rotatable bonds is 11. The fraction of sp³-hybridized carbons (Fsp3) is 0.618. The molecule has 0 aromatic heterocycles. The van der Waals surface area contributed by atoms with Crippen LogP contribution in [0.5, 0.6) is 0 Å². The van der Waals surface area contributed by atoms with Gasteiger partial charge in [0.1, 0.15) is 6.10 Å². The van der Waals surface area contributed by atoms with Gasteiger partial charge in [-0.3, -0.25) is 0 Å². The van der Waals surface area contributed by atoms with E-state index in [0.717, 1.165) is 29.6 Å². The highest BCUT2D eigenvalue weighted by Crippen LogP contribution is 2.23. The summed E-state index contributed by atoms with van der Waals surface area (Å²) in [6, 6.07) is 0. The number of esters is 1. The molecular formula is C34H54O7. The second-order valence-corrected chi connectivity index (χ2v) is 11.7. The molecular weight excluding hydrogens is 520 g/mol. The van der Waals surface area contributed by atoms with E-state index in [2.05, 4.69) is 32.9 Å². The van der Waals surface area contributed by atoms with Crippen molar-refractivity contribution in [2.75, 3.05) is 0 Å². The van der Waals surface area contributed by atoms with Crippen LogP contribution in [0.3, 0.4) is 0 Å². The fourth-order valence-corrected chi connectivity index (χ4v) is 4.52. The molecule has 1 heterocycles. The van der Waals surface area contributed by atoms with E-state index >= 15 is 0 Å². The van der Waals surface area contributed by atoms with Gasteiger partial charge in [-0.05, 0) is 71.6 Å². The molecule has 232 valence electrons. The molecule has 7 nitrogen and oxygen atoms in total. The van der Waals surface area contributed by atoms with Crippen molar-refractivity contribution in [1.82, 2.24) is 0 Å². The first-order valence-electron chi connectivity index (χ1n) is 14.9. The van der Waals surface area contributed by atoms with Gasteiger partial charge in [-0.1, -0.05) is 86.1 Å².